The standard InChI is InChI=1S/C29H26FNO3/c1-16-14-22-23(15-17(16)2)34-27-24(26(22)32)25(18-6-8-19(9-7-18)29(3,4)5)31(28(27)33)21-12-10-20(30)11-13-21/h6-15,25H,1-5H3. The fourth-order valence-corrected chi connectivity index (χ4v) is 4.58. The fraction of sp³-hybridized carbons (Fsp3) is 0.241. The number of carbonyl (C=O) groups excluding carboxylic acids is 1. The molecular formula is C29H26FNO3. The first kappa shape index (κ1) is 22.1. The summed E-state index contributed by atoms with van der Waals surface area (Å²) in [6.45, 7) is 10.3. The fourth-order valence-electron chi connectivity index (χ4n) is 4.58. The van der Waals surface area contributed by atoms with Crippen molar-refractivity contribution in [3.8, 4) is 0 Å². The maximum Gasteiger partial charge on any atom is 0.295 e. The average molecular weight is 456 g/mol. The van der Waals surface area contributed by atoms with Gasteiger partial charge < -0.3 is 4.42 Å². The van der Waals surface area contributed by atoms with Crippen LogP contribution < -0.4 is 10.3 Å². The molecule has 172 valence electrons. The number of fused-ring (bicyclic) bond motifs is 2. The van der Waals surface area contributed by atoms with Gasteiger partial charge in [-0.25, -0.2) is 4.39 Å². The van der Waals surface area contributed by atoms with E-state index in [4.69, 9.17) is 4.42 Å². The summed E-state index contributed by atoms with van der Waals surface area (Å²) in [4.78, 5) is 28.9. The van der Waals surface area contributed by atoms with E-state index in [0.29, 0.717) is 22.2 Å². The van der Waals surface area contributed by atoms with E-state index in [2.05, 4.69) is 20.8 Å². The summed E-state index contributed by atoms with van der Waals surface area (Å²) in [6, 6.07) is 16.6. The maximum absolute atomic E-state index is 13.8. The molecule has 1 amide bonds. The highest BCUT2D eigenvalue weighted by atomic mass is 19.1. The molecule has 0 N–H and O–H groups in total. The number of aryl methyl sites for hydroxylation is 2. The van der Waals surface area contributed by atoms with E-state index < -0.39 is 17.8 Å². The predicted octanol–water partition coefficient (Wildman–Crippen LogP) is 6.60. The zero-order chi connectivity index (χ0) is 24.4. The molecule has 4 nitrogen and oxygen atoms in total. The van der Waals surface area contributed by atoms with Gasteiger partial charge in [-0.1, -0.05) is 45.0 Å². The Morgan fingerprint density at radius 2 is 1.50 bits per heavy atom. The largest absolute Gasteiger partial charge is 0.450 e. The van der Waals surface area contributed by atoms with Gasteiger partial charge in [0.05, 0.1) is 17.0 Å². The Labute approximate surface area is 197 Å². The Bertz CT molecular complexity index is 1490. The molecule has 4 aromatic rings. The van der Waals surface area contributed by atoms with Crippen LogP contribution in [0.25, 0.3) is 11.0 Å². The minimum Gasteiger partial charge on any atom is -0.450 e. The molecule has 5 heteroatoms. The van der Waals surface area contributed by atoms with Crippen LogP contribution >= 0.6 is 0 Å². The van der Waals surface area contributed by atoms with Crippen LogP contribution in [0.4, 0.5) is 10.1 Å². The molecule has 34 heavy (non-hydrogen) atoms. The van der Waals surface area contributed by atoms with Crippen LogP contribution in [0.1, 0.15) is 65.2 Å². The lowest BCUT2D eigenvalue weighted by Gasteiger charge is -2.26. The quantitative estimate of drug-likeness (QED) is 0.342. The number of amides is 1. The topological polar surface area (TPSA) is 50.5 Å². The summed E-state index contributed by atoms with van der Waals surface area (Å²) in [5, 5.41) is 0.451. The highest BCUT2D eigenvalue weighted by Crippen LogP contribution is 2.41. The van der Waals surface area contributed by atoms with E-state index in [1.807, 2.05) is 44.2 Å². The van der Waals surface area contributed by atoms with E-state index in [-0.39, 0.29) is 16.6 Å². The second-order valence-electron chi connectivity index (χ2n) is 10.0. The number of nitrogens with zero attached hydrogens (tertiary/aromatic N) is 1. The van der Waals surface area contributed by atoms with Gasteiger partial charge in [-0.2, -0.15) is 0 Å². The van der Waals surface area contributed by atoms with E-state index in [0.717, 1.165) is 22.3 Å². The molecule has 1 aliphatic heterocycles. The molecule has 5 rings (SSSR count). The van der Waals surface area contributed by atoms with Crippen molar-refractivity contribution in [1.29, 1.82) is 0 Å². The van der Waals surface area contributed by atoms with Gasteiger partial charge in [0.1, 0.15) is 11.4 Å². The normalized spacial score (nSPS) is 15.8. The van der Waals surface area contributed by atoms with Crippen LogP contribution in [0.5, 0.6) is 0 Å². The lowest BCUT2D eigenvalue weighted by Crippen LogP contribution is -2.29. The molecule has 0 saturated heterocycles. The minimum absolute atomic E-state index is 0.0370. The molecule has 0 saturated carbocycles. The summed E-state index contributed by atoms with van der Waals surface area (Å²) in [6.07, 6.45) is 0. The predicted molar refractivity (Wildman–Crippen MR) is 132 cm³/mol. The van der Waals surface area contributed by atoms with Crippen molar-refractivity contribution >= 4 is 22.6 Å². The zero-order valence-electron chi connectivity index (χ0n) is 19.9. The Balaban J connectivity index is 1.78. The van der Waals surface area contributed by atoms with E-state index >= 15 is 0 Å². The van der Waals surface area contributed by atoms with E-state index in [9.17, 15) is 14.0 Å². The van der Waals surface area contributed by atoms with Crippen molar-refractivity contribution in [3.63, 3.8) is 0 Å². The van der Waals surface area contributed by atoms with Gasteiger partial charge in [0.2, 0.25) is 5.76 Å². The molecule has 0 radical (unpaired) electrons. The Hall–Kier alpha value is -3.73. The third kappa shape index (κ3) is 3.43. The van der Waals surface area contributed by atoms with Crippen LogP contribution in [0.15, 0.2) is 69.9 Å². The zero-order valence-corrected chi connectivity index (χ0v) is 19.9. The van der Waals surface area contributed by atoms with Crippen molar-refractivity contribution in [2.75, 3.05) is 4.90 Å². The van der Waals surface area contributed by atoms with Crippen molar-refractivity contribution in [2.24, 2.45) is 0 Å². The summed E-state index contributed by atoms with van der Waals surface area (Å²) in [5.41, 5.74) is 4.84. The van der Waals surface area contributed by atoms with Crippen LogP contribution in [0.3, 0.4) is 0 Å². The van der Waals surface area contributed by atoms with Gasteiger partial charge in [-0.05, 0) is 77.9 Å². The summed E-state index contributed by atoms with van der Waals surface area (Å²) in [5.74, 6) is -0.774. The second-order valence-corrected chi connectivity index (χ2v) is 10.0. The Kier molecular flexibility index (Phi) is 4.97. The first-order valence-electron chi connectivity index (χ1n) is 11.3. The van der Waals surface area contributed by atoms with Gasteiger partial charge >= 0.3 is 0 Å². The van der Waals surface area contributed by atoms with Crippen LogP contribution in [-0.2, 0) is 5.41 Å². The van der Waals surface area contributed by atoms with Gasteiger partial charge in [0.15, 0.2) is 5.43 Å². The third-order valence-electron chi connectivity index (χ3n) is 6.68. The van der Waals surface area contributed by atoms with Crippen molar-refractivity contribution in [1.82, 2.24) is 0 Å². The third-order valence-corrected chi connectivity index (χ3v) is 6.68. The summed E-state index contributed by atoms with van der Waals surface area (Å²) < 4.78 is 19.7. The van der Waals surface area contributed by atoms with Crippen molar-refractivity contribution in [2.45, 2.75) is 46.1 Å². The Morgan fingerprint density at radius 3 is 2.12 bits per heavy atom. The number of hydrogen-bond acceptors (Lipinski definition) is 3. The molecule has 0 bridgehead atoms. The molecule has 0 spiro atoms. The number of anilines is 1. The van der Waals surface area contributed by atoms with Crippen LogP contribution in [-0.4, -0.2) is 5.91 Å². The molecular weight excluding hydrogens is 429 g/mol. The lowest BCUT2D eigenvalue weighted by atomic mass is 9.85. The number of rotatable bonds is 2. The van der Waals surface area contributed by atoms with Gasteiger partial charge in [0.25, 0.3) is 5.91 Å². The van der Waals surface area contributed by atoms with Crippen LogP contribution in [0.2, 0.25) is 0 Å². The van der Waals surface area contributed by atoms with Gasteiger partial charge in [0, 0.05) is 5.69 Å². The first-order chi connectivity index (χ1) is 16.1. The lowest BCUT2D eigenvalue weighted by molar-refractivity contribution is 0.0971. The van der Waals surface area contributed by atoms with Crippen LogP contribution in [0, 0.1) is 19.7 Å². The minimum atomic E-state index is -0.677. The summed E-state index contributed by atoms with van der Waals surface area (Å²) >= 11 is 0. The molecule has 3 aromatic carbocycles. The van der Waals surface area contributed by atoms with Crippen molar-refractivity contribution < 1.29 is 13.6 Å². The Morgan fingerprint density at radius 1 is 0.882 bits per heavy atom. The maximum atomic E-state index is 13.8. The van der Waals surface area contributed by atoms with Crippen molar-refractivity contribution in [3.05, 3.63) is 110 Å². The van der Waals surface area contributed by atoms with E-state index in [1.54, 1.807) is 18.2 Å². The number of carbonyl (C=O) groups is 1. The number of benzene rings is 3. The first-order valence-corrected chi connectivity index (χ1v) is 11.3. The number of halogens is 1. The second kappa shape index (κ2) is 7.66. The monoisotopic (exact) mass is 455 g/mol. The number of hydrogen-bond donors (Lipinski definition) is 0. The highest BCUT2D eigenvalue weighted by Gasteiger charge is 2.43. The molecule has 1 aliphatic rings. The smallest absolute Gasteiger partial charge is 0.295 e. The molecule has 2 heterocycles. The molecule has 1 aromatic heterocycles. The van der Waals surface area contributed by atoms with Gasteiger partial charge in [-0.3, -0.25) is 14.5 Å². The highest BCUT2D eigenvalue weighted by molar-refractivity contribution is 6.10. The average Bonchev–Trinajstić information content (AvgIpc) is 3.08. The van der Waals surface area contributed by atoms with Gasteiger partial charge in [-0.15, -0.1) is 0 Å². The molecule has 0 fully saturated rings. The SMILES string of the molecule is Cc1cc2oc3c(c(=O)c2cc1C)C(c1ccc(C(C)(C)C)cc1)N(c1ccc(F)cc1)C3=O. The summed E-state index contributed by atoms with van der Waals surface area (Å²) in [7, 11) is 0. The molecule has 1 unspecified atom stereocenters. The molecule has 0 aliphatic carbocycles. The van der Waals surface area contributed by atoms with E-state index in [1.165, 1.54) is 17.0 Å². The molecule has 1 atom stereocenters.